The minimum atomic E-state index is -0.381. The first-order valence-electron chi connectivity index (χ1n) is 12.2. The molecule has 1 aliphatic rings. The summed E-state index contributed by atoms with van der Waals surface area (Å²) in [6.07, 6.45) is 1.62. The summed E-state index contributed by atoms with van der Waals surface area (Å²) < 4.78 is 10.8. The van der Waals surface area contributed by atoms with E-state index in [1.54, 1.807) is 30.3 Å². The Morgan fingerprint density at radius 2 is 1.73 bits per heavy atom. The second-order valence-corrected chi connectivity index (χ2v) is 8.50. The Bertz CT molecular complexity index is 1230. The molecule has 4 amide bonds. The van der Waals surface area contributed by atoms with Gasteiger partial charge in [0.15, 0.2) is 0 Å². The maximum atomic E-state index is 12.7. The number of urea groups is 2. The number of pyridine rings is 1. The molecule has 4 rings (SSSR count). The van der Waals surface area contributed by atoms with Crippen LogP contribution in [0, 0.1) is 6.92 Å². The van der Waals surface area contributed by atoms with Crippen LogP contribution < -0.4 is 30.3 Å². The van der Waals surface area contributed by atoms with Gasteiger partial charge in [-0.2, -0.15) is 0 Å². The molecular weight excluding hydrogens is 472 g/mol. The van der Waals surface area contributed by atoms with Crippen LogP contribution in [0.1, 0.15) is 12.5 Å². The number of nitrogens with one attached hydrogen (secondary N) is 3. The molecule has 10 heteroatoms. The highest BCUT2D eigenvalue weighted by molar-refractivity contribution is 6.00. The lowest BCUT2D eigenvalue weighted by molar-refractivity contribution is 0.208. The molecule has 0 radical (unpaired) electrons. The Morgan fingerprint density at radius 1 is 0.946 bits per heavy atom. The fourth-order valence-corrected chi connectivity index (χ4v) is 4.02. The van der Waals surface area contributed by atoms with Gasteiger partial charge in [0.05, 0.1) is 31.3 Å². The molecule has 1 saturated heterocycles. The molecular formula is C27H32N6O4. The first kappa shape index (κ1) is 25.6. The van der Waals surface area contributed by atoms with Crippen LogP contribution in [0.5, 0.6) is 11.5 Å². The summed E-state index contributed by atoms with van der Waals surface area (Å²) in [7, 11) is 1.62. The van der Waals surface area contributed by atoms with E-state index in [1.807, 2.05) is 56.3 Å². The molecule has 194 valence electrons. The number of amides is 4. The second-order valence-electron chi connectivity index (χ2n) is 8.50. The summed E-state index contributed by atoms with van der Waals surface area (Å²) in [6, 6.07) is 16.0. The zero-order chi connectivity index (χ0) is 26.2. The van der Waals surface area contributed by atoms with Gasteiger partial charge in [0.25, 0.3) is 0 Å². The van der Waals surface area contributed by atoms with E-state index in [4.69, 9.17) is 9.47 Å². The zero-order valence-corrected chi connectivity index (χ0v) is 21.3. The quantitative estimate of drug-likeness (QED) is 0.427. The summed E-state index contributed by atoms with van der Waals surface area (Å²) >= 11 is 0. The van der Waals surface area contributed by atoms with Gasteiger partial charge >= 0.3 is 12.1 Å². The van der Waals surface area contributed by atoms with Gasteiger partial charge in [-0.1, -0.05) is 12.1 Å². The number of para-hydroxylation sites is 2. The zero-order valence-electron chi connectivity index (χ0n) is 21.3. The lowest BCUT2D eigenvalue weighted by Crippen LogP contribution is -2.50. The maximum absolute atomic E-state index is 12.7. The van der Waals surface area contributed by atoms with E-state index in [9.17, 15) is 9.59 Å². The predicted octanol–water partition coefficient (Wildman–Crippen LogP) is 4.80. The molecule has 2 aromatic carbocycles. The molecule has 0 unspecified atom stereocenters. The van der Waals surface area contributed by atoms with Crippen LogP contribution >= 0.6 is 0 Å². The normalized spacial score (nSPS) is 13.1. The summed E-state index contributed by atoms with van der Waals surface area (Å²) in [5, 5.41) is 8.57. The molecule has 2 heterocycles. The van der Waals surface area contributed by atoms with Gasteiger partial charge in [-0.3, -0.25) is 0 Å². The molecule has 37 heavy (non-hydrogen) atoms. The van der Waals surface area contributed by atoms with E-state index in [2.05, 4.69) is 25.8 Å². The highest BCUT2D eigenvalue weighted by Crippen LogP contribution is 2.24. The molecule has 3 N–H and O–H groups in total. The molecule has 0 saturated carbocycles. The minimum absolute atomic E-state index is 0.127. The number of carbonyl (C=O) groups excluding carboxylic acids is 2. The van der Waals surface area contributed by atoms with Crippen LogP contribution in [-0.2, 0) is 0 Å². The number of ether oxygens (including phenoxy) is 2. The van der Waals surface area contributed by atoms with Crippen molar-refractivity contribution in [3.63, 3.8) is 0 Å². The predicted molar refractivity (Wildman–Crippen MR) is 145 cm³/mol. The number of hydrogen-bond donors (Lipinski definition) is 3. The van der Waals surface area contributed by atoms with Crippen LogP contribution in [0.15, 0.2) is 60.8 Å². The van der Waals surface area contributed by atoms with Crippen molar-refractivity contribution in [1.82, 2.24) is 9.88 Å². The van der Waals surface area contributed by atoms with Crippen LogP contribution in [-0.4, -0.2) is 61.8 Å². The van der Waals surface area contributed by atoms with Gasteiger partial charge in [-0.15, -0.1) is 0 Å². The molecule has 3 aromatic rings. The number of rotatable bonds is 7. The number of aryl methyl sites for hydroxylation is 1. The lowest BCUT2D eigenvalue weighted by atomic mass is 10.2. The van der Waals surface area contributed by atoms with Gasteiger partial charge in [0, 0.05) is 31.9 Å². The van der Waals surface area contributed by atoms with Crippen molar-refractivity contribution in [3.05, 3.63) is 66.4 Å². The van der Waals surface area contributed by atoms with Crippen LogP contribution in [0.3, 0.4) is 0 Å². The monoisotopic (exact) mass is 504 g/mol. The van der Waals surface area contributed by atoms with Gasteiger partial charge < -0.3 is 35.2 Å². The third-order valence-electron chi connectivity index (χ3n) is 6.01. The number of piperazine rings is 1. The first-order valence-corrected chi connectivity index (χ1v) is 12.2. The Morgan fingerprint density at radius 3 is 2.41 bits per heavy atom. The number of nitrogens with zero attached hydrogens (tertiary/aromatic N) is 3. The molecule has 1 aliphatic heterocycles. The number of hydrogen-bond acceptors (Lipinski definition) is 6. The third kappa shape index (κ3) is 6.60. The standard InChI is InChI=1S/C27H32N6O4/c1-4-37-24-8-6-5-7-23(24)30-26(34)29-20-9-12-25(28-18-20)32-13-15-33(16-14-32)27(35)31-22-11-10-21(36-3)17-19(22)2/h5-12,17-18H,4,13-16H2,1-3H3,(H,31,35)(H2,29,30,34). The highest BCUT2D eigenvalue weighted by Gasteiger charge is 2.22. The number of methoxy groups -OCH3 is 1. The Hall–Kier alpha value is -4.47. The average Bonchev–Trinajstić information content (AvgIpc) is 2.91. The highest BCUT2D eigenvalue weighted by atomic mass is 16.5. The largest absolute Gasteiger partial charge is 0.497 e. The summed E-state index contributed by atoms with van der Waals surface area (Å²) in [6.45, 7) is 6.79. The Balaban J connectivity index is 1.27. The molecule has 1 fully saturated rings. The Labute approximate surface area is 216 Å². The third-order valence-corrected chi connectivity index (χ3v) is 6.01. The molecule has 0 atom stereocenters. The number of carbonyl (C=O) groups is 2. The van der Waals surface area contributed by atoms with Crippen molar-refractivity contribution in [2.45, 2.75) is 13.8 Å². The van der Waals surface area contributed by atoms with E-state index in [0.29, 0.717) is 49.9 Å². The van der Waals surface area contributed by atoms with Gasteiger partial charge in [-0.05, 0) is 61.9 Å². The van der Waals surface area contributed by atoms with E-state index < -0.39 is 0 Å². The van der Waals surface area contributed by atoms with Crippen LogP contribution in [0.4, 0.5) is 32.5 Å². The molecule has 10 nitrogen and oxygen atoms in total. The average molecular weight is 505 g/mol. The maximum Gasteiger partial charge on any atom is 0.323 e. The molecule has 0 bridgehead atoms. The fourth-order valence-electron chi connectivity index (χ4n) is 4.02. The van der Waals surface area contributed by atoms with E-state index in [-0.39, 0.29) is 12.1 Å². The van der Waals surface area contributed by atoms with Crippen molar-refractivity contribution in [2.75, 3.05) is 60.7 Å². The molecule has 0 aliphatic carbocycles. The summed E-state index contributed by atoms with van der Waals surface area (Å²) in [5.74, 6) is 2.16. The number of benzene rings is 2. The fraction of sp³-hybridized carbons (Fsp3) is 0.296. The first-order chi connectivity index (χ1) is 18.0. The topological polar surface area (TPSA) is 108 Å². The smallest absolute Gasteiger partial charge is 0.323 e. The molecule has 0 spiro atoms. The Kier molecular flexibility index (Phi) is 8.29. The van der Waals surface area contributed by atoms with Crippen molar-refractivity contribution in [3.8, 4) is 11.5 Å². The van der Waals surface area contributed by atoms with Crippen molar-refractivity contribution >= 4 is 34.9 Å². The van der Waals surface area contributed by atoms with E-state index in [0.717, 1.165) is 22.8 Å². The van der Waals surface area contributed by atoms with Crippen molar-refractivity contribution < 1.29 is 19.1 Å². The number of aromatic nitrogens is 1. The van der Waals surface area contributed by atoms with Gasteiger partial charge in [0.2, 0.25) is 0 Å². The SMILES string of the molecule is CCOc1ccccc1NC(=O)Nc1ccc(N2CCN(C(=O)Nc3ccc(OC)cc3C)CC2)nc1. The summed E-state index contributed by atoms with van der Waals surface area (Å²) in [4.78, 5) is 33.6. The van der Waals surface area contributed by atoms with Crippen molar-refractivity contribution in [2.24, 2.45) is 0 Å². The van der Waals surface area contributed by atoms with Crippen LogP contribution in [0.25, 0.3) is 0 Å². The van der Waals surface area contributed by atoms with Gasteiger partial charge in [0.1, 0.15) is 17.3 Å². The summed E-state index contributed by atoms with van der Waals surface area (Å²) in [5.41, 5.74) is 2.87. The minimum Gasteiger partial charge on any atom is -0.497 e. The number of anilines is 4. The lowest BCUT2D eigenvalue weighted by Gasteiger charge is -2.35. The van der Waals surface area contributed by atoms with Crippen LogP contribution in [0.2, 0.25) is 0 Å². The molecule has 1 aromatic heterocycles. The van der Waals surface area contributed by atoms with E-state index >= 15 is 0 Å². The van der Waals surface area contributed by atoms with E-state index in [1.165, 1.54) is 0 Å². The van der Waals surface area contributed by atoms with Crippen molar-refractivity contribution in [1.29, 1.82) is 0 Å². The van der Waals surface area contributed by atoms with Gasteiger partial charge in [-0.25, -0.2) is 14.6 Å². The second kappa shape index (κ2) is 12.0.